The van der Waals surface area contributed by atoms with Gasteiger partial charge in [0.15, 0.2) is 6.10 Å². The van der Waals surface area contributed by atoms with E-state index in [-0.39, 0.29) is 6.10 Å². The first kappa shape index (κ1) is 11.5. The molecule has 2 rings (SSSR count). The van der Waals surface area contributed by atoms with E-state index in [0.717, 1.165) is 0 Å². The maximum Gasteiger partial charge on any atom is 0.152 e. The summed E-state index contributed by atoms with van der Waals surface area (Å²) in [5, 5.41) is 11.2. The smallest absolute Gasteiger partial charge is 0.152 e. The van der Waals surface area contributed by atoms with Crippen LogP contribution in [0.3, 0.4) is 0 Å². The third kappa shape index (κ3) is 2.56. The lowest BCUT2D eigenvalue weighted by Gasteiger charge is -2.10. The predicted molar refractivity (Wildman–Crippen MR) is 66.3 cm³/mol. The van der Waals surface area contributed by atoms with E-state index in [9.17, 15) is 5.11 Å². The number of aliphatic hydroxyl groups excluding tert-OH is 1. The van der Waals surface area contributed by atoms with Crippen LogP contribution in [-0.4, -0.2) is 5.11 Å². The summed E-state index contributed by atoms with van der Waals surface area (Å²) >= 11 is 11.7. The molecule has 1 nitrogen and oxygen atoms in total. The Bertz CT molecular complexity index is 451. The third-order valence-corrected chi connectivity index (χ3v) is 2.67. The predicted octanol–water partition coefficient (Wildman–Crippen LogP) is 4.29. The van der Waals surface area contributed by atoms with Gasteiger partial charge in [-0.05, 0) is 35.4 Å². The number of benzene rings is 2. The molecular formula is C13H9Cl2O. The van der Waals surface area contributed by atoms with Gasteiger partial charge in [-0.1, -0.05) is 47.5 Å². The molecule has 0 unspecified atom stereocenters. The van der Waals surface area contributed by atoms with Crippen molar-refractivity contribution in [3.63, 3.8) is 0 Å². The molecule has 16 heavy (non-hydrogen) atoms. The highest BCUT2D eigenvalue weighted by Crippen LogP contribution is 2.24. The molecule has 0 aliphatic rings. The first-order chi connectivity index (χ1) is 7.66. The number of hydrogen-bond acceptors (Lipinski definition) is 1. The standard InChI is InChI=1S/C13H9Cl2O/c14-11-5-1-3-9(7-11)13(16)10-4-2-6-12(15)8-10/h1-8,16H. The second-order valence-electron chi connectivity index (χ2n) is 3.37. The van der Waals surface area contributed by atoms with Crippen molar-refractivity contribution in [3.05, 3.63) is 75.8 Å². The summed E-state index contributed by atoms with van der Waals surface area (Å²) in [5.74, 6) is 0. The summed E-state index contributed by atoms with van der Waals surface area (Å²) in [6, 6.07) is 14.1. The zero-order valence-electron chi connectivity index (χ0n) is 8.32. The van der Waals surface area contributed by atoms with Gasteiger partial charge in [-0.2, -0.15) is 0 Å². The fraction of sp³-hybridized carbons (Fsp3) is 0. The molecule has 2 aromatic carbocycles. The van der Waals surface area contributed by atoms with Crippen molar-refractivity contribution < 1.29 is 5.11 Å². The van der Waals surface area contributed by atoms with Crippen molar-refractivity contribution in [3.8, 4) is 0 Å². The topological polar surface area (TPSA) is 20.2 Å². The molecule has 0 amide bonds. The Morgan fingerprint density at radius 1 is 0.812 bits per heavy atom. The highest BCUT2D eigenvalue weighted by molar-refractivity contribution is 6.31. The Kier molecular flexibility index (Phi) is 3.49. The Hall–Kier alpha value is -1.02. The van der Waals surface area contributed by atoms with Crippen LogP contribution in [0.15, 0.2) is 48.5 Å². The number of rotatable bonds is 2. The van der Waals surface area contributed by atoms with E-state index in [1.165, 1.54) is 0 Å². The molecule has 1 radical (unpaired) electrons. The zero-order chi connectivity index (χ0) is 11.5. The van der Waals surface area contributed by atoms with E-state index in [2.05, 4.69) is 0 Å². The van der Waals surface area contributed by atoms with Crippen molar-refractivity contribution in [2.24, 2.45) is 0 Å². The van der Waals surface area contributed by atoms with Crippen LogP contribution in [0.4, 0.5) is 0 Å². The van der Waals surface area contributed by atoms with Crippen molar-refractivity contribution in [1.29, 1.82) is 0 Å². The Balaban J connectivity index is 2.35. The molecule has 0 spiro atoms. The molecule has 0 saturated heterocycles. The SMILES string of the molecule is O[C](c1cccc(Cl)c1)c1cccc(Cl)c1. The first-order valence-electron chi connectivity index (χ1n) is 4.74. The van der Waals surface area contributed by atoms with Gasteiger partial charge in [-0.3, -0.25) is 0 Å². The molecule has 0 saturated carbocycles. The van der Waals surface area contributed by atoms with Crippen LogP contribution >= 0.6 is 23.2 Å². The van der Waals surface area contributed by atoms with Crippen LogP contribution in [0.1, 0.15) is 11.1 Å². The molecule has 81 valence electrons. The lowest BCUT2D eigenvalue weighted by molar-refractivity contribution is 0.356. The van der Waals surface area contributed by atoms with Crippen molar-refractivity contribution in [1.82, 2.24) is 0 Å². The monoisotopic (exact) mass is 251 g/mol. The number of aliphatic hydroxyl groups is 1. The second-order valence-corrected chi connectivity index (χ2v) is 4.24. The van der Waals surface area contributed by atoms with Gasteiger partial charge in [0.25, 0.3) is 0 Å². The van der Waals surface area contributed by atoms with E-state index in [4.69, 9.17) is 23.2 Å². The fourth-order valence-corrected chi connectivity index (χ4v) is 1.82. The first-order valence-corrected chi connectivity index (χ1v) is 5.50. The number of halogens is 2. The minimum atomic E-state index is 0.171. The number of hydrogen-bond donors (Lipinski definition) is 1. The van der Waals surface area contributed by atoms with Gasteiger partial charge < -0.3 is 5.11 Å². The quantitative estimate of drug-likeness (QED) is 0.845. The lowest BCUT2D eigenvalue weighted by atomic mass is 10.0. The molecule has 2 aromatic rings. The van der Waals surface area contributed by atoms with Crippen LogP contribution < -0.4 is 0 Å². The minimum Gasteiger partial charge on any atom is -0.377 e. The summed E-state index contributed by atoms with van der Waals surface area (Å²) < 4.78 is 0. The molecule has 1 N–H and O–H groups in total. The molecule has 0 atom stereocenters. The average Bonchev–Trinajstić information content (AvgIpc) is 2.28. The Morgan fingerprint density at radius 2 is 1.25 bits per heavy atom. The summed E-state index contributed by atoms with van der Waals surface area (Å²) in [6.07, 6.45) is 0.171. The van der Waals surface area contributed by atoms with Crippen LogP contribution in [-0.2, 0) is 0 Å². The molecule has 0 aliphatic heterocycles. The average molecular weight is 252 g/mol. The Morgan fingerprint density at radius 3 is 1.62 bits per heavy atom. The van der Waals surface area contributed by atoms with E-state index in [1.54, 1.807) is 48.5 Å². The molecular weight excluding hydrogens is 243 g/mol. The minimum absolute atomic E-state index is 0.171. The maximum atomic E-state index is 10.0. The van der Waals surface area contributed by atoms with Gasteiger partial charge in [0, 0.05) is 10.0 Å². The zero-order valence-corrected chi connectivity index (χ0v) is 9.83. The van der Waals surface area contributed by atoms with Gasteiger partial charge in [0.1, 0.15) is 0 Å². The molecule has 0 aliphatic carbocycles. The van der Waals surface area contributed by atoms with Gasteiger partial charge in [-0.25, -0.2) is 0 Å². The normalized spacial score (nSPS) is 10.8. The van der Waals surface area contributed by atoms with Gasteiger partial charge in [0.2, 0.25) is 0 Å². The maximum absolute atomic E-state index is 10.0. The van der Waals surface area contributed by atoms with E-state index >= 15 is 0 Å². The third-order valence-electron chi connectivity index (χ3n) is 2.20. The van der Waals surface area contributed by atoms with E-state index < -0.39 is 0 Å². The van der Waals surface area contributed by atoms with Crippen molar-refractivity contribution in [2.45, 2.75) is 0 Å². The van der Waals surface area contributed by atoms with Gasteiger partial charge in [0.05, 0.1) is 0 Å². The highest BCUT2D eigenvalue weighted by Gasteiger charge is 2.12. The summed E-state index contributed by atoms with van der Waals surface area (Å²) in [6.45, 7) is 0. The van der Waals surface area contributed by atoms with Crippen molar-refractivity contribution in [2.75, 3.05) is 0 Å². The molecule has 0 fully saturated rings. The Labute approximate surface area is 104 Å². The van der Waals surface area contributed by atoms with E-state index in [1.807, 2.05) is 0 Å². The highest BCUT2D eigenvalue weighted by atomic mass is 35.5. The lowest BCUT2D eigenvalue weighted by Crippen LogP contribution is -2.00. The van der Waals surface area contributed by atoms with Gasteiger partial charge >= 0.3 is 0 Å². The molecule has 0 bridgehead atoms. The molecule has 0 aromatic heterocycles. The van der Waals surface area contributed by atoms with Crippen LogP contribution in [0, 0.1) is 6.10 Å². The summed E-state index contributed by atoms with van der Waals surface area (Å²) in [4.78, 5) is 0. The van der Waals surface area contributed by atoms with Crippen LogP contribution in [0.25, 0.3) is 0 Å². The van der Waals surface area contributed by atoms with E-state index in [0.29, 0.717) is 21.2 Å². The van der Waals surface area contributed by atoms with Crippen LogP contribution in [0.2, 0.25) is 10.0 Å². The largest absolute Gasteiger partial charge is 0.377 e. The van der Waals surface area contributed by atoms with Gasteiger partial charge in [-0.15, -0.1) is 0 Å². The summed E-state index contributed by atoms with van der Waals surface area (Å²) in [5.41, 5.74) is 1.35. The summed E-state index contributed by atoms with van der Waals surface area (Å²) in [7, 11) is 0. The molecule has 0 heterocycles. The second kappa shape index (κ2) is 4.88. The van der Waals surface area contributed by atoms with Crippen molar-refractivity contribution >= 4 is 23.2 Å². The van der Waals surface area contributed by atoms with Crippen LogP contribution in [0.5, 0.6) is 0 Å². The molecule has 3 heteroatoms. The fourth-order valence-electron chi connectivity index (χ4n) is 1.44.